The Bertz CT molecular complexity index is 711. The van der Waals surface area contributed by atoms with E-state index in [1.165, 1.54) is 23.9 Å². The van der Waals surface area contributed by atoms with Crippen LogP contribution in [0.25, 0.3) is 17.3 Å². The smallest absolute Gasteiger partial charge is 0.237 e. The molecule has 0 N–H and O–H groups in total. The SMILES string of the molecule is CSc1nnc(-c2ccc(F)cc2)n1-c1ncccn1. The summed E-state index contributed by atoms with van der Waals surface area (Å²) in [6.07, 6.45) is 5.21. The van der Waals surface area contributed by atoms with E-state index in [1.807, 2.05) is 6.26 Å². The molecule has 0 unspecified atom stereocenters. The Balaban J connectivity index is 2.17. The second kappa shape index (κ2) is 5.38. The third-order valence-corrected chi connectivity index (χ3v) is 3.30. The molecule has 0 aliphatic heterocycles. The fourth-order valence-corrected chi connectivity index (χ4v) is 2.25. The summed E-state index contributed by atoms with van der Waals surface area (Å²) in [6.45, 7) is 0. The van der Waals surface area contributed by atoms with E-state index in [-0.39, 0.29) is 5.82 Å². The van der Waals surface area contributed by atoms with Gasteiger partial charge in [0.05, 0.1) is 0 Å². The van der Waals surface area contributed by atoms with Gasteiger partial charge in [-0.25, -0.2) is 18.9 Å². The monoisotopic (exact) mass is 287 g/mol. The summed E-state index contributed by atoms with van der Waals surface area (Å²) in [5.74, 6) is 0.780. The summed E-state index contributed by atoms with van der Waals surface area (Å²) in [5.41, 5.74) is 0.756. The van der Waals surface area contributed by atoms with Crippen molar-refractivity contribution in [3.63, 3.8) is 0 Å². The fourth-order valence-electron chi connectivity index (χ4n) is 1.78. The molecule has 3 aromatic rings. The molecule has 0 aliphatic rings. The Kier molecular flexibility index (Phi) is 3.42. The van der Waals surface area contributed by atoms with E-state index >= 15 is 0 Å². The molecule has 0 atom stereocenters. The van der Waals surface area contributed by atoms with Crippen LogP contribution in [-0.2, 0) is 0 Å². The highest BCUT2D eigenvalue weighted by molar-refractivity contribution is 7.98. The molecular weight excluding hydrogens is 277 g/mol. The van der Waals surface area contributed by atoms with Gasteiger partial charge in [0, 0.05) is 18.0 Å². The van der Waals surface area contributed by atoms with Crippen molar-refractivity contribution < 1.29 is 4.39 Å². The molecule has 0 radical (unpaired) electrons. The Morgan fingerprint density at radius 1 is 1.05 bits per heavy atom. The molecule has 0 fully saturated rings. The Morgan fingerprint density at radius 3 is 2.40 bits per heavy atom. The van der Waals surface area contributed by atoms with Crippen LogP contribution in [0.4, 0.5) is 4.39 Å². The van der Waals surface area contributed by atoms with Gasteiger partial charge < -0.3 is 0 Å². The average molecular weight is 287 g/mol. The molecule has 0 saturated heterocycles. The van der Waals surface area contributed by atoms with Gasteiger partial charge in [-0.05, 0) is 36.6 Å². The molecule has 1 aromatic carbocycles. The first kappa shape index (κ1) is 12.7. The van der Waals surface area contributed by atoms with Crippen LogP contribution in [-0.4, -0.2) is 31.0 Å². The minimum Gasteiger partial charge on any atom is -0.237 e. The number of nitrogens with zero attached hydrogens (tertiary/aromatic N) is 5. The van der Waals surface area contributed by atoms with Crippen LogP contribution in [0.5, 0.6) is 0 Å². The topological polar surface area (TPSA) is 56.5 Å². The predicted octanol–water partition coefficient (Wildman–Crippen LogP) is 2.59. The summed E-state index contributed by atoms with van der Waals surface area (Å²) >= 11 is 1.44. The molecule has 3 rings (SSSR count). The average Bonchev–Trinajstić information content (AvgIpc) is 2.93. The summed E-state index contributed by atoms with van der Waals surface area (Å²) in [7, 11) is 0. The second-order valence-electron chi connectivity index (χ2n) is 3.90. The summed E-state index contributed by atoms with van der Waals surface area (Å²) in [6, 6.07) is 7.83. The van der Waals surface area contributed by atoms with Gasteiger partial charge in [-0.1, -0.05) is 11.8 Å². The van der Waals surface area contributed by atoms with Crippen LogP contribution in [0, 0.1) is 5.82 Å². The highest BCUT2D eigenvalue weighted by atomic mass is 32.2. The van der Waals surface area contributed by atoms with E-state index in [0.29, 0.717) is 16.9 Å². The van der Waals surface area contributed by atoms with Gasteiger partial charge in [-0.2, -0.15) is 0 Å². The van der Waals surface area contributed by atoms with Gasteiger partial charge in [0.1, 0.15) is 5.82 Å². The van der Waals surface area contributed by atoms with E-state index in [1.54, 1.807) is 35.2 Å². The van der Waals surface area contributed by atoms with Crippen LogP contribution < -0.4 is 0 Å². The maximum absolute atomic E-state index is 13.0. The van der Waals surface area contributed by atoms with Gasteiger partial charge in [-0.3, -0.25) is 0 Å². The van der Waals surface area contributed by atoms with Crippen molar-refractivity contribution in [2.75, 3.05) is 6.26 Å². The molecule has 5 nitrogen and oxygen atoms in total. The number of hydrogen-bond acceptors (Lipinski definition) is 5. The molecule has 2 heterocycles. The minimum absolute atomic E-state index is 0.291. The number of halogens is 1. The van der Waals surface area contributed by atoms with Crippen molar-refractivity contribution in [2.24, 2.45) is 0 Å². The molecule has 0 bridgehead atoms. The quantitative estimate of drug-likeness (QED) is 0.693. The lowest BCUT2D eigenvalue weighted by Gasteiger charge is -2.06. The van der Waals surface area contributed by atoms with Crippen LogP contribution in [0.3, 0.4) is 0 Å². The molecule has 2 aromatic heterocycles. The van der Waals surface area contributed by atoms with Crippen LogP contribution >= 0.6 is 11.8 Å². The van der Waals surface area contributed by atoms with E-state index in [0.717, 1.165) is 5.56 Å². The predicted molar refractivity (Wildman–Crippen MR) is 74.1 cm³/mol. The van der Waals surface area contributed by atoms with Crippen LogP contribution in [0.2, 0.25) is 0 Å². The lowest BCUT2D eigenvalue weighted by Crippen LogP contribution is -2.03. The zero-order valence-corrected chi connectivity index (χ0v) is 11.4. The minimum atomic E-state index is -0.291. The van der Waals surface area contributed by atoms with Crippen LogP contribution in [0.15, 0.2) is 47.9 Å². The third kappa shape index (κ3) is 2.27. The van der Waals surface area contributed by atoms with E-state index in [2.05, 4.69) is 20.2 Å². The zero-order valence-electron chi connectivity index (χ0n) is 10.6. The lowest BCUT2D eigenvalue weighted by atomic mass is 10.2. The fraction of sp³-hybridized carbons (Fsp3) is 0.0769. The van der Waals surface area contributed by atoms with Crippen molar-refractivity contribution >= 4 is 11.8 Å². The molecular formula is C13H10FN5S. The highest BCUT2D eigenvalue weighted by Crippen LogP contribution is 2.25. The van der Waals surface area contributed by atoms with E-state index in [9.17, 15) is 4.39 Å². The van der Waals surface area contributed by atoms with E-state index in [4.69, 9.17) is 0 Å². The third-order valence-electron chi connectivity index (χ3n) is 2.67. The van der Waals surface area contributed by atoms with Crippen molar-refractivity contribution in [2.45, 2.75) is 5.16 Å². The zero-order chi connectivity index (χ0) is 13.9. The number of hydrogen-bond donors (Lipinski definition) is 0. The van der Waals surface area contributed by atoms with Gasteiger partial charge in [0.25, 0.3) is 0 Å². The summed E-state index contributed by atoms with van der Waals surface area (Å²) < 4.78 is 14.8. The largest absolute Gasteiger partial charge is 0.237 e. The van der Waals surface area contributed by atoms with Gasteiger partial charge in [0.15, 0.2) is 11.0 Å². The Morgan fingerprint density at radius 2 is 1.75 bits per heavy atom. The molecule has 0 aliphatic carbocycles. The molecule has 100 valence electrons. The maximum Gasteiger partial charge on any atom is 0.237 e. The standard InChI is InChI=1S/C13H10FN5S/c1-20-13-18-17-11(9-3-5-10(14)6-4-9)19(13)12-15-7-2-8-16-12/h2-8H,1H3. The lowest BCUT2D eigenvalue weighted by molar-refractivity contribution is 0.628. The van der Waals surface area contributed by atoms with Crippen molar-refractivity contribution in [1.82, 2.24) is 24.7 Å². The van der Waals surface area contributed by atoms with Gasteiger partial charge in [0.2, 0.25) is 5.95 Å². The van der Waals surface area contributed by atoms with Crippen molar-refractivity contribution in [3.05, 3.63) is 48.5 Å². The first-order chi connectivity index (χ1) is 9.79. The van der Waals surface area contributed by atoms with Crippen molar-refractivity contribution in [1.29, 1.82) is 0 Å². The van der Waals surface area contributed by atoms with Crippen LogP contribution in [0.1, 0.15) is 0 Å². The second-order valence-corrected chi connectivity index (χ2v) is 4.67. The number of thioether (sulfide) groups is 1. The molecule has 0 saturated carbocycles. The highest BCUT2D eigenvalue weighted by Gasteiger charge is 2.16. The first-order valence-corrected chi connectivity index (χ1v) is 7.05. The molecule has 0 amide bonds. The summed E-state index contributed by atoms with van der Waals surface area (Å²) in [5, 5.41) is 8.94. The number of benzene rings is 1. The summed E-state index contributed by atoms with van der Waals surface area (Å²) in [4.78, 5) is 8.44. The Labute approximate surface area is 118 Å². The number of aromatic nitrogens is 5. The van der Waals surface area contributed by atoms with Gasteiger partial charge in [-0.15, -0.1) is 10.2 Å². The van der Waals surface area contributed by atoms with Gasteiger partial charge >= 0.3 is 0 Å². The Hall–Kier alpha value is -2.28. The number of rotatable bonds is 3. The maximum atomic E-state index is 13.0. The first-order valence-electron chi connectivity index (χ1n) is 5.82. The molecule has 0 spiro atoms. The molecule has 20 heavy (non-hydrogen) atoms. The normalized spacial score (nSPS) is 10.7. The van der Waals surface area contributed by atoms with E-state index < -0.39 is 0 Å². The molecule has 7 heteroatoms. The van der Waals surface area contributed by atoms with Crippen molar-refractivity contribution in [3.8, 4) is 17.3 Å².